The topological polar surface area (TPSA) is 56.0 Å². The van der Waals surface area contributed by atoms with Crippen LogP contribution in [0.2, 0.25) is 10.0 Å². The number of hydrogen-bond donors (Lipinski definition) is 0. The first-order valence-electron chi connectivity index (χ1n) is 3.98. The molecule has 0 atom stereocenters. The lowest BCUT2D eigenvalue weighted by Crippen LogP contribution is -1.92. The second-order valence-electron chi connectivity index (χ2n) is 2.85. The van der Waals surface area contributed by atoms with E-state index in [0.29, 0.717) is 5.39 Å². The molecule has 76 valence electrons. The summed E-state index contributed by atoms with van der Waals surface area (Å²) in [6.45, 7) is 0. The quantitative estimate of drug-likeness (QED) is 0.569. The first kappa shape index (κ1) is 10.1. The van der Waals surface area contributed by atoms with E-state index < -0.39 is 4.92 Å². The van der Waals surface area contributed by atoms with E-state index in [1.54, 1.807) is 12.1 Å². The summed E-state index contributed by atoms with van der Waals surface area (Å²) in [6.07, 6.45) is 1.47. The van der Waals surface area contributed by atoms with Crippen LogP contribution in [0, 0.1) is 10.1 Å². The van der Waals surface area contributed by atoms with Crippen LogP contribution in [0.25, 0.3) is 10.9 Å². The Morgan fingerprint density at radius 1 is 1.40 bits per heavy atom. The molecule has 0 N–H and O–H groups in total. The van der Waals surface area contributed by atoms with Crippen molar-refractivity contribution in [3.8, 4) is 0 Å². The summed E-state index contributed by atoms with van der Waals surface area (Å²) >= 11 is 11.7. The van der Waals surface area contributed by atoms with Crippen LogP contribution in [-0.4, -0.2) is 9.91 Å². The number of halogens is 2. The Hall–Kier alpha value is -1.39. The predicted molar refractivity (Wildman–Crippen MR) is 58.4 cm³/mol. The summed E-state index contributed by atoms with van der Waals surface area (Å²) in [5.41, 5.74) is 0.108. The number of non-ortho nitro benzene ring substituents is 1. The maximum absolute atomic E-state index is 10.7. The SMILES string of the molecule is O=[N+]([O-])c1cc(Cl)c(Cl)c2cccnc12. The number of aromatic nitrogens is 1. The van der Waals surface area contributed by atoms with E-state index in [9.17, 15) is 10.1 Å². The molecule has 2 aromatic rings. The summed E-state index contributed by atoms with van der Waals surface area (Å²) in [4.78, 5) is 14.1. The van der Waals surface area contributed by atoms with Crippen molar-refractivity contribution in [2.24, 2.45) is 0 Å². The predicted octanol–water partition coefficient (Wildman–Crippen LogP) is 3.45. The van der Waals surface area contributed by atoms with Crippen LogP contribution in [0.1, 0.15) is 0 Å². The van der Waals surface area contributed by atoms with Crippen LogP contribution >= 0.6 is 23.2 Å². The minimum Gasteiger partial charge on any atom is -0.258 e. The van der Waals surface area contributed by atoms with Crippen molar-refractivity contribution < 1.29 is 4.92 Å². The Labute approximate surface area is 94.6 Å². The molecule has 15 heavy (non-hydrogen) atoms. The number of nitro groups is 1. The monoisotopic (exact) mass is 242 g/mol. The number of rotatable bonds is 1. The highest BCUT2D eigenvalue weighted by Gasteiger charge is 2.17. The number of nitro benzene ring substituents is 1. The molecule has 0 aliphatic carbocycles. The van der Waals surface area contributed by atoms with Gasteiger partial charge in [-0.1, -0.05) is 23.2 Å². The molecule has 0 saturated heterocycles. The lowest BCUT2D eigenvalue weighted by atomic mass is 10.2. The zero-order chi connectivity index (χ0) is 11.0. The fourth-order valence-corrected chi connectivity index (χ4v) is 1.72. The highest BCUT2D eigenvalue weighted by atomic mass is 35.5. The van der Waals surface area contributed by atoms with E-state index >= 15 is 0 Å². The largest absolute Gasteiger partial charge is 0.297 e. The van der Waals surface area contributed by atoms with Crippen molar-refractivity contribution in [1.29, 1.82) is 0 Å². The van der Waals surface area contributed by atoms with Crippen LogP contribution in [0.3, 0.4) is 0 Å². The second-order valence-corrected chi connectivity index (χ2v) is 3.63. The van der Waals surface area contributed by atoms with Crippen LogP contribution in [0.5, 0.6) is 0 Å². The molecular formula is C9H4Cl2N2O2. The standard InChI is InChI=1S/C9H4Cl2N2O2/c10-6-4-7(13(14)15)9-5(8(6)11)2-1-3-12-9/h1-4H. The molecule has 1 aromatic carbocycles. The van der Waals surface area contributed by atoms with Gasteiger partial charge < -0.3 is 0 Å². The van der Waals surface area contributed by atoms with Crippen LogP contribution in [-0.2, 0) is 0 Å². The Morgan fingerprint density at radius 3 is 2.80 bits per heavy atom. The minimum absolute atomic E-state index is 0.139. The molecule has 6 heteroatoms. The van der Waals surface area contributed by atoms with E-state index in [-0.39, 0.29) is 21.2 Å². The molecule has 1 heterocycles. The fourth-order valence-electron chi connectivity index (χ4n) is 1.31. The molecule has 0 radical (unpaired) electrons. The number of pyridine rings is 1. The van der Waals surface area contributed by atoms with Gasteiger partial charge in [0.05, 0.1) is 15.0 Å². The Bertz CT molecular complexity index is 557. The Kier molecular flexibility index (Phi) is 2.46. The van der Waals surface area contributed by atoms with E-state index in [4.69, 9.17) is 23.2 Å². The van der Waals surface area contributed by atoms with Crippen molar-refractivity contribution >= 4 is 39.8 Å². The van der Waals surface area contributed by atoms with Crippen molar-refractivity contribution in [2.75, 3.05) is 0 Å². The van der Waals surface area contributed by atoms with Crippen LogP contribution in [0.15, 0.2) is 24.4 Å². The van der Waals surface area contributed by atoms with Crippen molar-refractivity contribution in [2.45, 2.75) is 0 Å². The highest BCUT2D eigenvalue weighted by molar-refractivity contribution is 6.45. The van der Waals surface area contributed by atoms with Gasteiger partial charge in [-0.15, -0.1) is 0 Å². The number of fused-ring (bicyclic) bond motifs is 1. The van der Waals surface area contributed by atoms with Gasteiger partial charge in [-0.25, -0.2) is 4.98 Å². The van der Waals surface area contributed by atoms with Gasteiger partial charge in [0.25, 0.3) is 5.69 Å². The number of nitrogens with zero attached hydrogens (tertiary/aromatic N) is 2. The van der Waals surface area contributed by atoms with Gasteiger partial charge in [-0.2, -0.15) is 0 Å². The molecule has 0 spiro atoms. The maximum atomic E-state index is 10.7. The average molecular weight is 243 g/mol. The van der Waals surface area contributed by atoms with Crippen molar-refractivity contribution in [1.82, 2.24) is 4.98 Å². The molecule has 0 saturated carbocycles. The molecule has 2 rings (SSSR count). The first-order valence-corrected chi connectivity index (χ1v) is 4.74. The zero-order valence-corrected chi connectivity index (χ0v) is 8.79. The third-order valence-electron chi connectivity index (χ3n) is 1.96. The Morgan fingerprint density at radius 2 is 2.13 bits per heavy atom. The van der Waals surface area contributed by atoms with E-state index in [2.05, 4.69) is 4.98 Å². The van der Waals surface area contributed by atoms with Crippen LogP contribution in [0.4, 0.5) is 5.69 Å². The third kappa shape index (κ3) is 1.62. The molecule has 0 amide bonds. The van der Waals surface area contributed by atoms with E-state index in [1.165, 1.54) is 12.3 Å². The van der Waals surface area contributed by atoms with Gasteiger partial charge in [0, 0.05) is 17.6 Å². The average Bonchev–Trinajstić information content (AvgIpc) is 2.23. The fraction of sp³-hybridized carbons (Fsp3) is 0. The summed E-state index contributed by atoms with van der Waals surface area (Å²) in [7, 11) is 0. The second kappa shape index (κ2) is 3.64. The number of hydrogen-bond acceptors (Lipinski definition) is 3. The summed E-state index contributed by atoms with van der Waals surface area (Å²) < 4.78 is 0. The lowest BCUT2D eigenvalue weighted by molar-refractivity contribution is -0.383. The van der Waals surface area contributed by atoms with Gasteiger partial charge in [-0.05, 0) is 12.1 Å². The normalized spacial score (nSPS) is 10.5. The molecule has 0 aliphatic heterocycles. The van der Waals surface area contributed by atoms with E-state index in [0.717, 1.165) is 0 Å². The summed E-state index contributed by atoms with van der Waals surface area (Å²) in [5, 5.41) is 11.7. The zero-order valence-electron chi connectivity index (χ0n) is 7.28. The molecule has 4 nitrogen and oxygen atoms in total. The number of benzene rings is 1. The summed E-state index contributed by atoms with van der Waals surface area (Å²) in [5.74, 6) is 0. The van der Waals surface area contributed by atoms with Crippen molar-refractivity contribution in [3.05, 3.63) is 44.6 Å². The molecule has 0 bridgehead atoms. The van der Waals surface area contributed by atoms with Gasteiger partial charge in [0.2, 0.25) is 0 Å². The van der Waals surface area contributed by atoms with Gasteiger partial charge in [-0.3, -0.25) is 10.1 Å². The molecule has 0 fully saturated rings. The van der Waals surface area contributed by atoms with Gasteiger partial charge in [0.1, 0.15) is 5.52 Å². The van der Waals surface area contributed by atoms with Crippen LogP contribution < -0.4 is 0 Å². The highest BCUT2D eigenvalue weighted by Crippen LogP contribution is 2.35. The van der Waals surface area contributed by atoms with E-state index in [1.807, 2.05) is 0 Å². The smallest absolute Gasteiger partial charge is 0.258 e. The van der Waals surface area contributed by atoms with Gasteiger partial charge >= 0.3 is 0 Å². The first-order chi connectivity index (χ1) is 7.11. The lowest BCUT2D eigenvalue weighted by Gasteiger charge is -2.02. The minimum atomic E-state index is -0.530. The molecule has 1 aromatic heterocycles. The maximum Gasteiger partial charge on any atom is 0.297 e. The molecule has 0 unspecified atom stereocenters. The molecular weight excluding hydrogens is 239 g/mol. The molecule has 0 aliphatic rings. The summed E-state index contributed by atoms with van der Waals surface area (Å²) in [6, 6.07) is 4.50. The van der Waals surface area contributed by atoms with Crippen molar-refractivity contribution in [3.63, 3.8) is 0 Å². The Balaban J connectivity index is 2.94. The third-order valence-corrected chi connectivity index (χ3v) is 2.76. The van der Waals surface area contributed by atoms with Gasteiger partial charge in [0.15, 0.2) is 0 Å².